The maximum absolute atomic E-state index is 11.9. The number of rotatable bonds is 4. The first-order valence-electron chi connectivity index (χ1n) is 7.74. The molecule has 1 aromatic rings. The maximum Gasteiger partial charge on any atom is 0.221 e. The van der Waals surface area contributed by atoms with Crippen LogP contribution < -0.4 is 5.32 Å². The molecule has 1 amide bonds. The summed E-state index contributed by atoms with van der Waals surface area (Å²) in [5, 5.41) is 3.73. The van der Waals surface area contributed by atoms with E-state index >= 15 is 0 Å². The number of hydrogen-bond acceptors (Lipinski definition) is 3. The number of carbonyl (C=O) groups is 1. The lowest BCUT2D eigenvalue weighted by molar-refractivity contribution is -0.123. The summed E-state index contributed by atoms with van der Waals surface area (Å²) in [4.78, 5) is 14.2. The molecule has 4 nitrogen and oxygen atoms in total. The molecule has 1 aliphatic rings. The van der Waals surface area contributed by atoms with Gasteiger partial charge in [0.1, 0.15) is 0 Å². The van der Waals surface area contributed by atoms with Gasteiger partial charge >= 0.3 is 0 Å². The summed E-state index contributed by atoms with van der Waals surface area (Å²) in [5.41, 5.74) is 0.960. The van der Waals surface area contributed by atoms with Crippen LogP contribution in [0.4, 0.5) is 0 Å². The summed E-state index contributed by atoms with van der Waals surface area (Å²) in [6.45, 7) is 9.11. The summed E-state index contributed by atoms with van der Waals surface area (Å²) < 4.78 is 5.84. The van der Waals surface area contributed by atoms with Crippen molar-refractivity contribution in [1.82, 2.24) is 10.2 Å². The predicted octanol–water partition coefficient (Wildman–Crippen LogP) is 3.02. The molecule has 0 radical (unpaired) electrons. The maximum atomic E-state index is 11.9. The third-order valence-electron chi connectivity index (χ3n) is 3.56. The van der Waals surface area contributed by atoms with E-state index in [0.717, 1.165) is 30.2 Å². The molecule has 1 aromatic carbocycles. The highest BCUT2D eigenvalue weighted by Crippen LogP contribution is 2.23. The molecule has 0 spiro atoms. The van der Waals surface area contributed by atoms with E-state index in [9.17, 15) is 4.79 Å². The summed E-state index contributed by atoms with van der Waals surface area (Å²) in [7, 11) is 0. The van der Waals surface area contributed by atoms with Crippen LogP contribution >= 0.6 is 11.6 Å². The van der Waals surface area contributed by atoms with Crippen molar-refractivity contribution in [2.24, 2.45) is 0 Å². The van der Waals surface area contributed by atoms with Crippen LogP contribution in [0.15, 0.2) is 24.3 Å². The molecule has 1 unspecified atom stereocenters. The molecule has 1 saturated heterocycles. The summed E-state index contributed by atoms with van der Waals surface area (Å²) in [5.74, 6) is 0.0991. The standard InChI is InChI=1S/C17H25ClN2O2/c1-17(2,3)19-16(21)8-9-20-10-11-22-15(12-20)13-4-6-14(18)7-5-13/h4-7,15H,8-12H2,1-3H3,(H,19,21). The van der Waals surface area contributed by atoms with Crippen molar-refractivity contribution in [1.29, 1.82) is 0 Å². The van der Waals surface area contributed by atoms with E-state index < -0.39 is 0 Å². The lowest BCUT2D eigenvalue weighted by Gasteiger charge is -2.33. The molecule has 0 bridgehead atoms. The Morgan fingerprint density at radius 1 is 1.36 bits per heavy atom. The van der Waals surface area contributed by atoms with Crippen LogP contribution in [0.25, 0.3) is 0 Å². The Balaban J connectivity index is 1.83. The summed E-state index contributed by atoms with van der Waals surface area (Å²) >= 11 is 5.92. The lowest BCUT2D eigenvalue weighted by Crippen LogP contribution is -2.44. The molecule has 0 aromatic heterocycles. The number of benzene rings is 1. The molecule has 1 fully saturated rings. The molecule has 1 atom stereocenters. The van der Waals surface area contributed by atoms with Gasteiger partial charge in [0, 0.05) is 36.6 Å². The van der Waals surface area contributed by atoms with Gasteiger partial charge in [-0.05, 0) is 38.5 Å². The molecule has 1 heterocycles. The summed E-state index contributed by atoms with van der Waals surface area (Å²) in [6, 6.07) is 7.78. The molecule has 1 N–H and O–H groups in total. The number of hydrogen-bond donors (Lipinski definition) is 1. The fraction of sp³-hybridized carbons (Fsp3) is 0.588. The molecular formula is C17H25ClN2O2. The number of amides is 1. The number of nitrogens with one attached hydrogen (secondary N) is 1. The largest absolute Gasteiger partial charge is 0.371 e. The third kappa shape index (κ3) is 5.59. The van der Waals surface area contributed by atoms with Crippen LogP contribution in [0.3, 0.4) is 0 Å². The second kappa shape index (κ2) is 7.44. The van der Waals surface area contributed by atoms with Crippen molar-refractivity contribution in [2.75, 3.05) is 26.2 Å². The Labute approximate surface area is 137 Å². The Kier molecular flexibility index (Phi) is 5.84. The lowest BCUT2D eigenvalue weighted by atomic mass is 10.1. The highest BCUT2D eigenvalue weighted by atomic mass is 35.5. The van der Waals surface area contributed by atoms with Crippen molar-refractivity contribution in [3.8, 4) is 0 Å². The van der Waals surface area contributed by atoms with Crippen LogP contribution in [-0.2, 0) is 9.53 Å². The van der Waals surface area contributed by atoms with E-state index in [-0.39, 0.29) is 17.6 Å². The van der Waals surface area contributed by atoms with Crippen molar-refractivity contribution in [3.63, 3.8) is 0 Å². The number of carbonyl (C=O) groups excluding carboxylic acids is 1. The highest BCUT2D eigenvalue weighted by Gasteiger charge is 2.22. The second-order valence-corrected chi connectivity index (χ2v) is 7.20. The first kappa shape index (κ1) is 17.3. The van der Waals surface area contributed by atoms with E-state index in [1.807, 2.05) is 45.0 Å². The third-order valence-corrected chi connectivity index (χ3v) is 3.81. The molecule has 0 aliphatic carbocycles. The number of nitrogens with zero attached hydrogens (tertiary/aromatic N) is 1. The predicted molar refractivity (Wildman–Crippen MR) is 89.1 cm³/mol. The Hall–Kier alpha value is -1.10. The van der Waals surface area contributed by atoms with Crippen molar-refractivity contribution >= 4 is 17.5 Å². The van der Waals surface area contributed by atoms with E-state index in [2.05, 4.69) is 10.2 Å². The van der Waals surface area contributed by atoms with Gasteiger partial charge in [-0.3, -0.25) is 9.69 Å². The fourth-order valence-corrected chi connectivity index (χ4v) is 2.65. The zero-order chi connectivity index (χ0) is 16.2. The molecule has 0 saturated carbocycles. The van der Waals surface area contributed by atoms with Gasteiger partial charge in [-0.25, -0.2) is 0 Å². The first-order chi connectivity index (χ1) is 10.3. The summed E-state index contributed by atoms with van der Waals surface area (Å²) in [6.07, 6.45) is 0.571. The zero-order valence-electron chi connectivity index (χ0n) is 13.6. The van der Waals surface area contributed by atoms with Gasteiger partial charge in [-0.1, -0.05) is 23.7 Å². The van der Waals surface area contributed by atoms with Crippen LogP contribution in [0.1, 0.15) is 38.9 Å². The van der Waals surface area contributed by atoms with Gasteiger partial charge in [-0.15, -0.1) is 0 Å². The van der Waals surface area contributed by atoms with Gasteiger partial charge in [0.05, 0.1) is 12.7 Å². The minimum atomic E-state index is -0.173. The monoisotopic (exact) mass is 324 g/mol. The molecule has 2 rings (SSSR count). The normalized spacial score (nSPS) is 19.9. The number of ether oxygens (including phenoxy) is 1. The molecular weight excluding hydrogens is 300 g/mol. The zero-order valence-corrected chi connectivity index (χ0v) is 14.3. The Bertz CT molecular complexity index is 496. The van der Waals surface area contributed by atoms with Crippen LogP contribution in [0.2, 0.25) is 5.02 Å². The van der Waals surface area contributed by atoms with E-state index in [1.54, 1.807) is 0 Å². The quantitative estimate of drug-likeness (QED) is 0.925. The van der Waals surface area contributed by atoms with Crippen LogP contribution in [0, 0.1) is 0 Å². The first-order valence-corrected chi connectivity index (χ1v) is 8.12. The SMILES string of the molecule is CC(C)(C)NC(=O)CCN1CCOC(c2ccc(Cl)cc2)C1. The van der Waals surface area contributed by atoms with Crippen molar-refractivity contribution in [3.05, 3.63) is 34.9 Å². The van der Waals surface area contributed by atoms with Crippen molar-refractivity contribution in [2.45, 2.75) is 38.8 Å². The van der Waals surface area contributed by atoms with Crippen LogP contribution in [-0.4, -0.2) is 42.6 Å². The molecule has 1 aliphatic heterocycles. The number of morpholine rings is 1. The minimum Gasteiger partial charge on any atom is -0.371 e. The molecule has 122 valence electrons. The fourth-order valence-electron chi connectivity index (χ4n) is 2.53. The van der Waals surface area contributed by atoms with E-state index in [4.69, 9.17) is 16.3 Å². The average molecular weight is 325 g/mol. The smallest absolute Gasteiger partial charge is 0.221 e. The van der Waals surface area contributed by atoms with E-state index in [1.165, 1.54) is 0 Å². The van der Waals surface area contributed by atoms with Crippen molar-refractivity contribution < 1.29 is 9.53 Å². The van der Waals surface area contributed by atoms with Gasteiger partial charge < -0.3 is 10.1 Å². The second-order valence-electron chi connectivity index (χ2n) is 6.76. The van der Waals surface area contributed by atoms with Gasteiger partial charge in [-0.2, -0.15) is 0 Å². The minimum absolute atomic E-state index is 0.0525. The molecule has 22 heavy (non-hydrogen) atoms. The molecule has 5 heteroatoms. The Morgan fingerprint density at radius 3 is 2.68 bits per heavy atom. The average Bonchev–Trinajstić information content (AvgIpc) is 2.44. The van der Waals surface area contributed by atoms with Gasteiger partial charge in [0.15, 0.2) is 0 Å². The van der Waals surface area contributed by atoms with E-state index in [0.29, 0.717) is 13.0 Å². The number of halogens is 1. The van der Waals surface area contributed by atoms with Crippen LogP contribution in [0.5, 0.6) is 0 Å². The Morgan fingerprint density at radius 2 is 2.05 bits per heavy atom. The topological polar surface area (TPSA) is 41.6 Å². The highest BCUT2D eigenvalue weighted by molar-refractivity contribution is 6.30. The van der Waals surface area contributed by atoms with Gasteiger partial charge in [0.2, 0.25) is 5.91 Å². The van der Waals surface area contributed by atoms with Gasteiger partial charge in [0.25, 0.3) is 0 Å².